The van der Waals surface area contributed by atoms with E-state index in [1.54, 1.807) is 6.07 Å². The maximum absolute atomic E-state index is 11.3. The van der Waals surface area contributed by atoms with E-state index < -0.39 is 5.97 Å². The summed E-state index contributed by atoms with van der Waals surface area (Å²) in [4.78, 5) is 13.5. The molecule has 0 spiro atoms. The highest BCUT2D eigenvalue weighted by Crippen LogP contribution is 2.28. The zero-order valence-electron chi connectivity index (χ0n) is 11.3. The van der Waals surface area contributed by atoms with E-state index in [4.69, 9.17) is 5.11 Å². The fourth-order valence-electron chi connectivity index (χ4n) is 2.79. The minimum absolute atomic E-state index is 0.206. The Morgan fingerprint density at radius 2 is 2.26 bits per heavy atom. The standard InChI is InChI=1S/C15H21NO3/c1-11-4-5-13(15(18)19)14(9-11)16-7-2-3-12(10-16)6-8-17/h4-5,9,12,17H,2-3,6-8,10H2,1H3,(H,18,19). The number of aliphatic hydroxyl groups excluding tert-OH is 1. The summed E-state index contributed by atoms with van der Waals surface area (Å²) < 4.78 is 0. The van der Waals surface area contributed by atoms with Gasteiger partial charge in [0, 0.05) is 19.7 Å². The van der Waals surface area contributed by atoms with Crippen molar-refractivity contribution in [3.8, 4) is 0 Å². The van der Waals surface area contributed by atoms with Gasteiger partial charge in [-0.2, -0.15) is 0 Å². The van der Waals surface area contributed by atoms with Crippen LogP contribution in [0.2, 0.25) is 0 Å². The number of benzene rings is 1. The van der Waals surface area contributed by atoms with Crippen LogP contribution in [0.1, 0.15) is 35.2 Å². The average Bonchev–Trinajstić information content (AvgIpc) is 2.39. The van der Waals surface area contributed by atoms with E-state index in [0.29, 0.717) is 11.5 Å². The quantitative estimate of drug-likeness (QED) is 0.875. The molecular weight excluding hydrogens is 242 g/mol. The first-order chi connectivity index (χ1) is 9.11. The van der Waals surface area contributed by atoms with Crippen LogP contribution in [0.5, 0.6) is 0 Å². The van der Waals surface area contributed by atoms with Crippen LogP contribution in [-0.2, 0) is 0 Å². The summed E-state index contributed by atoms with van der Waals surface area (Å²) in [6.45, 7) is 3.92. The summed E-state index contributed by atoms with van der Waals surface area (Å²) in [7, 11) is 0. The van der Waals surface area contributed by atoms with E-state index in [1.807, 2.05) is 19.1 Å². The second-order valence-electron chi connectivity index (χ2n) is 5.29. The molecule has 0 amide bonds. The number of carboxylic acid groups (broad SMARTS) is 1. The van der Waals surface area contributed by atoms with Crippen molar-refractivity contribution < 1.29 is 15.0 Å². The number of aliphatic hydroxyl groups is 1. The molecule has 0 radical (unpaired) electrons. The Morgan fingerprint density at radius 3 is 2.95 bits per heavy atom. The van der Waals surface area contributed by atoms with Gasteiger partial charge >= 0.3 is 5.97 Å². The predicted octanol–water partition coefficient (Wildman–Crippen LogP) is 2.29. The van der Waals surface area contributed by atoms with Gasteiger partial charge in [0.25, 0.3) is 0 Å². The molecule has 1 aliphatic heterocycles. The molecule has 1 aliphatic rings. The van der Waals surface area contributed by atoms with E-state index in [0.717, 1.165) is 43.6 Å². The molecule has 1 atom stereocenters. The maximum atomic E-state index is 11.3. The molecule has 1 unspecified atom stereocenters. The van der Waals surface area contributed by atoms with Crippen molar-refractivity contribution >= 4 is 11.7 Å². The fraction of sp³-hybridized carbons (Fsp3) is 0.533. The molecule has 0 bridgehead atoms. The van der Waals surface area contributed by atoms with Gasteiger partial charge < -0.3 is 15.1 Å². The molecule has 0 aromatic heterocycles. The topological polar surface area (TPSA) is 60.8 Å². The Balaban J connectivity index is 2.24. The molecule has 0 aliphatic carbocycles. The van der Waals surface area contributed by atoms with Gasteiger partial charge in [-0.3, -0.25) is 0 Å². The molecule has 1 fully saturated rings. The van der Waals surface area contributed by atoms with Crippen molar-refractivity contribution in [3.05, 3.63) is 29.3 Å². The van der Waals surface area contributed by atoms with E-state index in [1.165, 1.54) is 0 Å². The zero-order chi connectivity index (χ0) is 13.8. The number of aryl methyl sites for hydroxylation is 1. The lowest BCUT2D eigenvalue weighted by Crippen LogP contribution is -2.36. The van der Waals surface area contributed by atoms with E-state index in [-0.39, 0.29) is 6.61 Å². The molecule has 4 heteroatoms. The molecule has 2 rings (SSSR count). The van der Waals surface area contributed by atoms with Crippen LogP contribution in [0.3, 0.4) is 0 Å². The molecule has 104 valence electrons. The molecular formula is C15H21NO3. The van der Waals surface area contributed by atoms with Crippen molar-refractivity contribution in [1.82, 2.24) is 0 Å². The second-order valence-corrected chi connectivity index (χ2v) is 5.29. The van der Waals surface area contributed by atoms with E-state index in [9.17, 15) is 9.90 Å². The third-order valence-corrected chi connectivity index (χ3v) is 3.78. The van der Waals surface area contributed by atoms with E-state index in [2.05, 4.69) is 4.90 Å². The van der Waals surface area contributed by atoms with Gasteiger partial charge in [-0.25, -0.2) is 4.79 Å². The number of hydrogen-bond donors (Lipinski definition) is 2. The highest BCUT2D eigenvalue weighted by atomic mass is 16.4. The second kappa shape index (κ2) is 6.06. The lowest BCUT2D eigenvalue weighted by molar-refractivity contribution is 0.0697. The summed E-state index contributed by atoms with van der Waals surface area (Å²) in [5.74, 6) is -0.416. The van der Waals surface area contributed by atoms with Crippen LogP contribution in [0.25, 0.3) is 0 Å². The summed E-state index contributed by atoms with van der Waals surface area (Å²) in [5, 5.41) is 18.3. The van der Waals surface area contributed by atoms with Crippen LogP contribution in [0.4, 0.5) is 5.69 Å². The molecule has 1 aromatic carbocycles. The lowest BCUT2D eigenvalue weighted by Gasteiger charge is -2.35. The Labute approximate surface area is 113 Å². The van der Waals surface area contributed by atoms with Gasteiger partial charge in [0.1, 0.15) is 0 Å². The average molecular weight is 263 g/mol. The first-order valence-electron chi connectivity index (χ1n) is 6.81. The normalized spacial score (nSPS) is 19.5. The smallest absolute Gasteiger partial charge is 0.337 e. The van der Waals surface area contributed by atoms with Gasteiger partial charge in [-0.05, 0) is 49.8 Å². The number of rotatable bonds is 4. The summed E-state index contributed by atoms with van der Waals surface area (Å²) >= 11 is 0. The van der Waals surface area contributed by atoms with Crippen molar-refractivity contribution in [2.24, 2.45) is 5.92 Å². The molecule has 19 heavy (non-hydrogen) atoms. The molecule has 1 heterocycles. The number of carboxylic acids is 1. The first kappa shape index (κ1) is 13.9. The SMILES string of the molecule is Cc1ccc(C(=O)O)c(N2CCCC(CCO)C2)c1. The number of anilines is 1. The number of nitrogens with zero attached hydrogens (tertiary/aromatic N) is 1. The molecule has 1 aromatic rings. The van der Waals surface area contributed by atoms with Crippen molar-refractivity contribution in [1.29, 1.82) is 0 Å². The van der Waals surface area contributed by atoms with Crippen LogP contribution in [-0.4, -0.2) is 35.9 Å². The Kier molecular flexibility index (Phi) is 4.43. The van der Waals surface area contributed by atoms with Crippen LogP contribution in [0.15, 0.2) is 18.2 Å². The summed E-state index contributed by atoms with van der Waals surface area (Å²) in [6.07, 6.45) is 2.97. The van der Waals surface area contributed by atoms with Crippen LogP contribution < -0.4 is 4.90 Å². The van der Waals surface area contributed by atoms with Crippen LogP contribution >= 0.6 is 0 Å². The highest BCUT2D eigenvalue weighted by molar-refractivity contribution is 5.94. The monoisotopic (exact) mass is 263 g/mol. The summed E-state index contributed by atoms with van der Waals surface area (Å²) in [6, 6.07) is 5.47. The highest BCUT2D eigenvalue weighted by Gasteiger charge is 2.23. The lowest BCUT2D eigenvalue weighted by atomic mass is 9.94. The minimum atomic E-state index is -0.876. The van der Waals surface area contributed by atoms with Gasteiger partial charge in [0.15, 0.2) is 0 Å². The Hall–Kier alpha value is -1.55. The predicted molar refractivity (Wildman–Crippen MR) is 74.8 cm³/mol. The molecule has 0 saturated carbocycles. The van der Waals surface area contributed by atoms with Gasteiger partial charge in [0.05, 0.1) is 11.3 Å². The van der Waals surface area contributed by atoms with Crippen molar-refractivity contribution in [2.75, 3.05) is 24.6 Å². The number of piperidine rings is 1. The Bertz CT molecular complexity index is 457. The first-order valence-corrected chi connectivity index (χ1v) is 6.81. The number of aromatic carboxylic acids is 1. The van der Waals surface area contributed by atoms with Gasteiger partial charge in [0.2, 0.25) is 0 Å². The van der Waals surface area contributed by atoms with Crippen LogP contribution in [0, 0.1) is 12.8 Å². The fourth-order valence-corrected chi connectivity index (χ4v) is 2.79. The van der Waals surface area contributed by atoms with Crippen molar-refractivity contribution in [2.45, 2.75) is 26.2 Å². The number of carbonyl (C=O) groups is 1. The maximum Gasteiger partial charge on any atom is 0.337 e. The Morgan fingerprint density at radius 1 is 1.47 bits per heavy atom. The minimum Gasteiger partial charge on any atom is -0.478 e. The van der Waals surface area contributed by atoms with Gasteiger partial charge in [-0.1, -0.05) is 6.07 Å². The molecule has 4 nitrogen and oxygen atoms in total. The zero-order valence-corrected chi connectivity index (χ0v) is 11.3. The molecule has 1 saturated heterocycles. The largest absolute Gasteiger partial charge is 0.478 e. The van der Waals surface area contributed by atoms with Crippen molar-refractivity contribution in [3.63, 3.8) is 0 Å². The third-order valence-electron chi connectivity index (χ3n) is 3.78. The van der Waals surface area contributed by atoms with Gasteiger partial charge in [-0.15, -0.1) is 0 Å². The summed E-state index contributed by atoms with van der Waals surface area (Å²) in [5.41, 5.74) is 2.26. The number of hydrogen-bond acceptors (Lipinski definition) is 3. The molecule has 2 N–H and O–H groups in total. The van der Waals surface area contributed by atoms with E-state index >= 15 is 0 Å². The third kappa shape index (κ3) is 3.26.